The van der Waals surface area contributed by atoms with Gasteiger partial charge < -0.3 is 15.7 Å². The largest absolute Gasteiger partial charge is 0.396 e. The second-order valence-electron chi connectivity index (χ2n) is 3.88. The number of amides is 2. The number of anilines is 1. The smallest absolute Gasteiger partial charge is 0.319 e. The maximum atomic E-state index is 11.5. The van der Waals surface area contributed by atoms with E-state index < -0.39 is 11.0 Å². The lowest BCUT2D eigenvalue weighted by Gasteiger charge is -2.07. The fourth-order valence-corrected chi connectivity index (χ4v) is 2.16. The molecule has 0 saturated heterocycles. The van der Waals surface area contributed by atoms with Crippen molar-refractivity contribution in [2.75, 3.05) is 30.0 Å². The first-order valence-corrected chi connectivity index (χ1v) is 7.27. The van der Waals surface area contributed by atoms with E-state index in [0.717, 1.165) is 17.9 Å². The highest BCUT2D eigenvalue weighted by molar-refractivity contribution is 7.99. The van der Waals surface area contributed by atoms with Gasteiger partial charge in [-0.2, -0.15) is 11.8 Å². The van der Waals surface area contributed by atoms with Crippen LogP contribution in [-0.4, -0.2) is 40.7 Å². The van der Waals surface area contributed by atoms with Crippen LogP contribution < -0.4 is 10.6 Å². The number of non-ortho nitro benzene ring substituents is 1. The monoisotopic (exact) mass is 299 g/mol. The number of aliphatic hydroxyl groups excluding tert-OH is 1. The van der Waals surface area contributed by atoms with Crippen molar-refractivity contribution in [3.8, 4) is 0 Å². The average Bonchev–Trinajstić information content (AvgIpc) is 2.43. The molecular weight excluding hydrogens is 282 g/mol. The van der Waals surface area contributed by atoms with Gasteiger partial charge in [-0.05, 0) is 18.2 Å². The minimum absolute atomic E-state index is 0.0673. The Hall–Kier alpha value is -1.80. The topological polar surface area (TPSA) is 104 Å². The van der Waals surface area contributed by atoms with Crippen LogP contribution in [0.1, 0.15) is 6.42 Å². The SMILES string of the molecule is O=C(NCCSCCCO)Nc1cccc([N+](=O)[O-])c1. The van der Waals surface area contributed by atoms with E-state index in [9.17, 15) is 14.9 Å². The molecule has 110 valence electrons. The summed E-state index contributed by atoms with van der Waals surface area (Å²) in [6, 6.07) is 5.37. The zero-order chi connectivity index (χ0) is 14.8. The van der Waals surface area contributed by atoms with E-state index in [1.165, 1.54) is 18.2 Å². The van der Waals surface area contributed by atoms with E-state index in [-0.39, 0.29) is 12.3 Å². The lowest BCUT2D eigenvalue weighted by Crippen LogP contribution is -2.30. The number of carbonyl (C=O) groups is 1. The molecule has 0 atom stereocenters. The highest BCUT2D eigenvalue weighted by Gasteiger charge is 2.07. The molecule has 3 N–H and O–H groups in total. The summed E-state index contributed by atoms with van der Waals surface area (Å²) < 4.78 is 0. The van der Waals surface area contributed by atoms with Crippen molar-refractivity contribution < 1.29 is 14.8 Å². The Morgan fingerprint density at radius 3 is 2.90 bits per heavy atom. The summed E-state index contributed by atoms with van der Waals surface area (Å²) in [7, 11) is 0. The van der Waals surface area contributed by atoms with Crippen LogP contribution in [0, 0.1) is 10.1 Å². The third-order valence-electron chi connectivity index (χ3n) is 2.29. The van der Waals surface area contributed by atoms with Crippen molar-refractivity contribution in [2.24, 2.45) is 0 Å². The zero-order valence-corrected chi connectivity index (χ0v) is 11.7. The summed E-state index contributed by atoms with van der Waals surface area (Å²) in [5.74, 6) is 1.60. The number of nitro groups is 1. The summed E-state index contributed by atoms with van der Waals surface area (Å²) in [5, 5.41) is 24.4. The van der Waals surface area contributed by atoms with Gasteiger partial charge >= 0.3 is 6.03 Å². The first kappa shape index (κ1) is 16.3. The van der Waals surface area contributed by atoms with Crippen molar-refractivity contribution in [3.63, 3.8) is 0 Å². The molecule has 0 unspecified atom stereocenters. The number of nitrogens with one attached hydrogen (secondary N) is 2. The van der Waals surface area contributed by atoms with Crippen LogP contribution in [0.15, 0.2) is 24.3 Å². The second kappa shape index (κ2) is 9.16. The molecule has 0 aliphatic rings. The quantitative estimate of drug-likeness (QED) is 0.386. The normalized spacial score (nSPS) is 10.1. The molecular formula is C12H17N3O4S. The van der Waals surface area contributed by atoms with Crippen LogP contribution in [0.3, 0.4) is 0 Å². The summed E-state index contributed by atoms with van der Waals surface area (Å²) in [4.78, 5) is 21.6. The average molecular weight is 299 g/mol. The second-order valence-corrected chi connectivity index (χ2v) is 5.10. The highest BCUT2D eigenvalue weighted by Crippen LogP contribution is 2.16. The maximum absolute atomic E-state index is 11.5. The molecule has 0 heterocycles. The van der Waals surface area contributed by atoms with Crippen LogP contribution in [-0.2, 0) is 0 Å². The molecule has 1 aromatic carbocycles. The molecule has 0 bridgehead atoms. The lowest BCUT2D eigenvalue weighted by molar-refractivity contribution is -0.384. The summed E-state index contributed by atoms with van der Waals surface area (Å²) in [5.41, 5.74) is 0.312. The van der Waals surface area contributed by atoms with Gasteiger partial charge in [0.15, 0.2) is 0 Å². The van der Waals surface area contributed by atoms with Crippen molar-refractivity contribution in [1.82, 2.24) is 5.32 Å². The van der Waals surface area contributed by atoms with E-state index in [1.807, 2.05) is 0 Å². The van der Waals surface area contributed by atoms with Gasteiger partial charge in [-0.25, -0.2) is 4.79 Å². The number of benzene rings is 1. The van der Waals surface area contributed by atoms with Gasteiger partial charge in [0, 0.05) is 36.7 Å². The number of rotatable bonds is 8. The van der Waals surface area contributed by atoms with Gasteiger partial charge in [-0.1, -0.05) is 6.07 Å². The Kier molecular flexibility index (Phi) is 7.44. The molecule has 0 fully saturated rings. The molecule has 20 heavy (non-hydrogen) atoms. The number of thioether (sulfide) groups is 1. The standard InChI is InChI=1S/C12H17N3O4S/c16-6-2-7-20-8-5-13-12(17)14-10-3-1-4-11(9-10)15(18)19/h1,3-4,9,16H,2,5-8H2,(H2,13,14,17). The molecule has 7 nitrogen and oxygen atoms in total. The Bertz CT molecular complexity index is 456. The number of nitrogens with zero attached hydrogens (tertiary/aromatic N) is 1. The predicted octanol–water partition coefficient (Wildman–Crippen LogP) is 1.83. The number of hydrogen-bond acceptors (Lipinski definition) is 5. The van der Waals surface area contributed by atoms with Crippen LogP contribution >= 0.6 is 11.8 Å². The highest BCUT2D eigenvalue weighted by atomic mass is 32.2. The van der Waals surface area contributed by atoms with E-state index in [0.29, 0.717) is 12.2 Å². The zero-order valence-electron chi connectivity index (χ0n) is 10.9. The summed E-state index contributed by atoms with van der Waals surface area (Å²) in [6.07, 6.45) is 0.741. The van der Waals surface area contributed by atoms with Crippen molar-refractivity contribution in [1.29, 1.82) is 0 Å². The number of hydrogen-bond donors (Lipinski definition) is 3. The third-order valence-corrected chi connectivity index (χ3v) is 3.36. The van der Waals surface area contributed by atoms with E-state index in [1.54, 1.807) is 17.8 Å². The van der Waals surface area contributed by atoms with Crippen molar-refractivity contribution in [3.05, 3.63) is 34.4 Å². The molecule has 1 aromatic rings. The van der Waals surface area contributed by atoms with Gasteiger partial charge in [-0.15, -0.1) is 0 Å². The molecule has 0 aliphatic carbocycles. The van der Waals surface area contributed by atoms with Crippen molar-refractivity contribution in [2.45, 2.75) is 6.42 Å². The van der Waals surface area contributed by atoms with Gasteiger partial charge in [0.25, 0.3) is 5.69 Å². The fourth-order valence-electron chi connectivity index (χ4n) is 1.38. The first-order valence-electron chi connectivity index (χ1n) is 6.11. The molecule has 0 radical (unpaired) electrons. The van der Waals surface area contributed by atoms with Crippen LogP contribution in [0.5, 0.6) is 0 Å². The van der Waals surface area contributed by atoms with Gasteiger partial charge in [0.05, 0.1) is 4.92 Å². The maximum Gasteiger partial charge on any atom is 0.319 e. The Balaban J connectivity index is 2.28. The summed E-state index contributed by atoms with van der Waals surface area (Å²) in [6.45, 7) is 0.671. The molecule has 0 spiro atoms. The molecule has 2 amide bonds. The van der Waals surface area contributed by atoms with Crippen LogP contribution in [0.25, 0.3) is 0 Å². The molecule has 0 saturated carbocycles. The Morgan fingerprint density at radius 1 is 1.40 bits per heavy atom. The van der Waals surface area contributed by atoms with E-state index in [2.05, 4.69) is 10.6 Å². The van der Waals surface area contributed by atoms with E-state index >= 15 is 0 Å². The first-order chi connectivity index (χ1) is 9.63. The predicted molar refractivity (Wildman–Crippen MR) is 79.1 cm³/mol. The van der Waals surface area contributed by atoms with Crippen LogP contribution in [0.4, 0.5) is 16.2 Å². The molecule has 0 aliphatic heterocycles. The van der Waals surface area contributed by atoms with Gasteiger partial charge in [0.1, 0.15) is 0 Å². The third kappa shape index (κ3) is 6.39. The molecule has 1 rings (SSSR count). The Labute approximate surface area is 120 Å². The molecule has 8 heteroatoms. The van der Waals surface area contributed by atoms with Gasteiger partial charge in [0.2, 0.25) is 0 Å². The minimum Gasteiger partial charge on any atom is -0.396 e. The minimum atomic E-state index is -0.513. The number of nitro benzene ring substituents is 1. The van der Waals surface area contributed by atoms with Crippen molar-refractivity contribution >= 4 is 29.2 Å². The number of urea groups is 1. The van der Waals surface area contributed by atoms with E-state index in [4.69, 9.17) is 5.11 Å². The number of aliphatic hydroxyl groups is 1. The molecule has 0 aromatic heterocycles. The summed E-state index contributed by atoms with van der Waals surface area (Å²) >= 11 is 1.64. The fraction of sp³-hybridized carbons (Fsp3) is 0.417. The lowest BCUT2D eigenvalue weighted by atomic mass is 10.3. The Morgan fingerprint density at radius 2 is 2.20 bits per heavy atom. The number of carbonyl (C=O) groups excluding carboxylic acids is 1. The van der Waals surface area contributed by atoms with Gasteiger partial charge in [-0.3, -0.25) is 10.1 Å². The van der Waals surface area contributed by atoms with Crippen LogP contribution in [0.2, 0.25) is 0 Å².